The molecule has 0 unspecified atom stereocenters. The van der Waals surface area contributed by atoms with Gasteiger partial charge in [-0.3, -0.25) is 0 Å². The van der Waals surface area contributed by atoms with Gasteiger partial charge >= 0.3 is 0 Å². The fourth-order valence-electron chi connectivity index (χ4n) is 1.63. The molecule has 0 bridgehead atoms. The van der Waals surface area contributed by atoms with Crippen molar-refractivity contribution in [2.75, 3.05) is 5.73 Å². The maximum atomic E-state index is 13.7. The molecule has 0 fully saturated rings. The van der Waals surface area contributed by atoms with E-state index >= 15 is 0 Å². The summed E-state index contributed by atoms with van der Waals surface area (Å²) < 4.78 is 14.5. The average molecular weight is 280 g/mol. The summed E-state index contributed by atoms with van der Waals surface area (Å²) in [5.74, 6) is -0.265. The van der Waals surface area contributed by atoms with E-state index in [4.69, 9.17) is 5.73 Å². The van der Waals surface area contributed by atoms with Gasteiger partial charge in [0, 0.05) is 21.3 Å². The molecular weight excluding hydrogens is 269 g/mol. The highest BCUT2D eigenvalue weighted by Crippen LogP contribution is 2.30. The zero-order chi connectivity index (χ0) is 11.7. The van der Waals surface area contributed by atoms with Crippen LogP contribution in [0.15, 0.2) is 40.9 Å². The summed E-state index contributed by atoms with van der Waals surface area (Å²) in [6.45, 7) is 1.96. The molecule has 0 aliphatic rings. The van der Waals surface area contributed by atoms with Gasteiger partial charge in [-0.25, -0.2) is 4.39 Å². The van der Waals surface area contributed by atoms with Crippen molar-refractivity contribution in [1.82, 2.24) is 0 Å². The Bertz CT molecular complexity index is 537. The lowest BCUT2D eigenvalue weighted by Gasteiger charge is -2.08. The molecule has 0 aromatic heterocycles. The van der Waals surface area contributed by atoms with E-state index < -0.39 is 0 Å². The molecule has 0 aliphatic heterocycles. The van der Waals surface area contributed by atoms with Crippen LogP contribution in [0.5, 0.6) is 0 Å². The largest absolute Gasteiger partial charge is 0.398 e. The number of benzene rings is 2. The summed E-state index contributed by atoms with van der Waals surface area (Å²) in [7, 11) is 0. The molecule has 0 radical (unpaired) electrons. The fourth-order valence-corrected chi connectivity index (χ4v) is 1.99. The minimum Gasteiger partial charge on any atom is -0.398 e. The van der Waals surface area contributed by atoms with Gasteiger partial charge in [0.2, 0.25) is 0 Å². The van der Waals surface area contributed by atoms with Crippen molar-refractivity contribution in [1.29, 1.82) is 0 Å². The highest BCUT2D eigenvalue weighted by Gasteiger charge is 2.08. The van der Waals surface area contributed by atoms with Gasteiger partial charge in [0.25, 0.3) is 0 Å². The molecule has 0 aliphatic carbocycles. The van der Waals surface area contributed by atoms with E-state index in [0.29, 0.717) is 11.3 Å². The summed E-state index contributed by atoms with van der Waals surface area (Å²) in [6.07, 6.45) is 0. The van der Waals surface area contributed by atoms with Crippen LogP contribution in [0.3, 0.4) is 0 Å². The SMILES string of the molecule is Cc1ccc(-c2cc(Br)ccc2F)c(N)c1. The molecule has 2 aromatic carbocycles. The third-order valence-corrected chi connectivity index (χ3v) is 2.92. The highest BCUT2D eigenvalue weighted by molar-refractivity contribution is 9.10. The minimum absolute atomic E-state index is 0.265. The van der Waals surface area contributed by atoms with Gasteiger partial charge in [0.15, 0.2) is 0 Å². The van der Waals surface area contributed by atoms with Crippen LogP contribution in [0.1, 0.15) is 5.56 Å². The number of hydrogen-bond acceptors (Lipinski definition) is 1. The molecule has 82 valence electrons. The first kappa shape index (κ1) is 11.1. The topological polar surface area (TPSA) is 26.0 Å². The molecule has 0 saturated heterocycles. The second-order valence-electron chi connectivity index (χ2n) is 3.71. The Morgan fingerprint density at radius 1 is 1.06 bits per heavy atom. The van der Waals surface area contributed by atoms with Crippen molar-refractivity contribution in [3.05, 3.63) is 52.3 Å². The zero-order valence-electron chi connectivity index (χ0n) is 8.80. The maximum Gasteiger partial charge on any atom is 0.131 e. The number of rotatable bonds is 1. The molecule has 0 atom stereocenters. The van der Waals surface area contributed by atoms with Crippen LogP contribution < -0.4 is 5.73 Å². The number of aryl methyl sites for hydroxylation is 1. The Morgan fingerprint density at radius 2 is 1.81 bits per heavy atom. The van der Waals surface area contributed by atoms with Crippen LogP contribution in [0.4, 0.5) is 10.1 Å². The normalized spacial score (nSPS) is 10.4. The van der Waals surface area contributed by atoms with Crippen molar-refractivity contribution in [3.63, 3.8) is 0 Å². The van der Waals surface area contributed by atoms with Crippen LogP contribution in [0.25, 0.3) is 11.1 Å². The number of hydrogen-bond donors (Lipinski definition) is 1. The summed E-state index contributed by atoms with van der Waals surface area (Å²) in [5, 5.41) is 0. The Morgan fingerprint density at radius 3 is 2.50 bits per heavy atom. The second-order valence-corrected chi connectivity index (χ2v) is 4.63. The lowest BCUT2D eigenvalue weighted by molar-refractivity contribution is 0.631. The van der Waals surface area contributed by atoms with E-state index in [2.05, 4.69) is 15.9 Å². The van der Waals surface area contributed by atoms with Crippen LogP contribution in [0.2, 0.25) is 0 Å². The predicted molar refractivity (Wildman–Crippen MR) is 68.7 cm³/mol. The fraction of sp³-hybridized carbons (Fsp3) is 0.0769. The van der Waals surface area contributed by atoms with Crippen molar-refractivity contribution >= 4 is 21.6 Å². The van der Waals surface area contributed by atoms with E-state index in [0.717, 1.165) is 15.6 Å². The standard InChI is InChI=1S/C13H11BrFN/c1-8-2-4-10(13(16)6-8)11-7-9(14)3-5-12(11)15/h2-7H,16H2,1H3. The van der Waals surface area contributed by atoms with E-state index in [9.17, 15) is 4.39 Å². The number of anilines is 1. The summed E-state index contributed by atoms with van der Waals surface area (Å²) in [5.41, 5.74) is 8.80. The zero-order valence-corrected chi connectivity index (χ0v) is 10.4. The summed E-state index contributed by atoms with van der Waals surface area (Å²) >= 11 is 3.33. The van der Waals surface area contributed by atoms with Gasteiger partial charge in [0.05, 0.1) is 0 Å². The molecule has 0 saturated carbocycles. The van der Waals surface area contributed by atoms with Crippen molar-refractivity contribution in [2.24, 2.45) is 0 Å². The van der Waals surface area contributed by atoms with Gasteiger partial charge in [-0.2, -0.15) is 0 Å². The Kier molecular flexibility index (Phi) is 2.97. The lowest BCUT2D eigenvalue weighted by atomic mass is 10.0. The summed E-state index contributed by atoms with van der Waals surface area (Å²) in [4.78, 5) is 0. The first-order valence-electron chi connectivity index (χ1n) is 4.89. The molecule has 1 nitrogen and oxygen atoms in total. The van der Waals surface area contributed by atoms with E-state index in [1.807, 2.05) is 25.1 Å². The van der Waals surface area contributed by atoms with Crippen LogP contribution in [-0.4, -0.2) is 0 Å². The molecule has 2 aromatic rings. The molecule has 3 heteroatoms. The van der Waals surface area contributed by atoms with Gasteiger partial charge in [-0.05, 0) is 36.8 Å². The smallest absolute Gasteiger partial charge is 0.131 e. The monoisotopic (exact) mass is 279 g/mol. The second kappa shape index (κ2) is 4.26. The lowest BCUT2D eigenvalue weighted by Crippen LogP contribution is -1.93. The predicted octanol–water partition coefficient (Wildman–Crippen LogP) is 4.15. The molecule has 2 N–H and O–H groups in total. The third-order valence-electron chi connectivity index (χ3n) is 2.43. The van der Waals surface area contributed by atoms with Gasteiger partial charge < -0.3 is 5.73 Å². The van der Waals surface area contributed by atoms with E-state index in [1.165, 1.54) is 6.07 Å². The average Bonchev–Trinajstić information content (AvgIpc) is 2.22. The number of nitrogens with two attached hydrogens (primary N) is 1. The van der Waals surface area contributed by atoms with Gasteiger partial charge in [-0.15, -0.1) is 0 Å². The molecular formula is C13H11BrFN. The summed E-state index contributed by atoms with van der Waals surface area (Å²) in [6, 6.07) is 10.4. The molecule has 16 heavy (non-hydrogen) atoms. The number of halogens is 2. The van der Waals surface area contributed by atoms with Crippen LogP contribution >= 0.6 is 15.9 Å². The van der Waals surface area contributed by atoms with Crippen LogP contribution in [0, 0.1) is 12.7 Å². The molecule has 2 rings (SSSR count). The van der Waals surface area contributed by atoms with Crippen molar-refractivity contribution in [2.45, 2.75) is 6.92 Å². The highest BCUT2D eigenvalue weighted by atomic mass is 79.9. The minimum atomic E-state index is -0.265. The Hall–Kier alpha value is -1.35. The first-order valence-corrected chi connectivity index (χ1v) is 5.69. The first-order chi connectivity index (χ1) is 7.58. The third kappa shape index (κ3) is 2.09. The maximum absolute atomic E-state index is 13.7. The number of nitrogen functional groups attached to an aromatic ring is 1. The van der Waals surface area contributed by atoms with Gasteiger partial charge in [0.1, 0.15) is 5.82 Å². The Balaban J connectivity index is 2.62. The molecule has 0 heterocycles. The van der Waals surface area contributed by atoms with Crippen LogP contribution in [-0.2, 0) is 0 Å². The van der Waals surface area contributed by atoms with Crippen molar-refractivity contribution in [3.8, 4) is 11.1 Å². The molecule has 0 amide bonds. The van der Waals surface area contributed by atoms with Crippen molar-refractivity contribution < 1.29 is 4.39 Å². The van der Waals surface area contributed by atoms with E-state index in [-0.39, 0.29) is 5.82 Å². The van der Waals surface area contributed by atoms with Gasteiger partial charge in [-0.1, -0.05) is 28.1 Å². The Labute approximate surface area is 102 Å². The van der Waals surface area contributed by atoms with E-state index in [1.54, 1.807) is 12.1 Å². The molecule has 0 spiro atoms. The quantitative estimate of drug-likeness (QED) is 0.780.